The van der Waals surface area contributed by atoms with Crippen molar-refractivity contribution in [2.75, 3.05) is 0 Å². The molecule has 1 atom stereocenters. The van der Waals surface area contributed by atoms with Crippen molar-refractivity contribution in [3.63, 3.8) is 0 Å². The standard InChI is InChI=1S/C11H10FN/c1-7-2-3-9-4-8(6-13)5-10(12)11(7)9/h4-5,7H,2-3H2,1H3/t7-/m0/s1. The summed E-state index contributed by atoms with van der Waals surface area (Å²) < 4.78 is 13.4. The molecular formula is C11H10FN. The Morgan fingerprint density at radius 3 is 3.00 bits per heavy atom. The van der Waals surface area contributed by atoms with Crippen molar-refractivity contribution >= 4 is 0 Å². The highest BCUT2D eigenvalue weighted by molar-refractivity contribution is 5.43. The number of nitriles is 1. The Hall–Kier alpha value is -1.36. The van der Waals surface area contributed by atoms with Crippen LogP contribution in [0.15, 0.2) is 12.1 Å². The van der Waals surface area contributed by atoms with Crippen LogP contribution in [0.2, 0.25) is 0 Å². The van der Waals surface area contributed by atoms with Crippen molar-refractivity contribution < 1.29 is 4.39 Å². The second-order valence-electron chi connectivity index (χ2n) is 3.58. The molecule has 2 rings (SSSR count). The van der Waals surface area contributed by atoms with Crippen molar-refractivity contribution in [3.05, 3.63) is 34.6 Å². The van der Waals surface area contributed by atoms with Crippen LogP contribution in [-0.4, -0.2) is 0 Å². The lowest BCUT2D eigenvalue weighted by molar-refractivity contribution is 0.595. The predicted octanol–water partition coefficient (Wildman–Crippen LogP) is 2.75. The van der Waals surface area contributed by atoms with E-state index in [4.69, 9.17) is 5.26 Å². The highest BCUT2D eigenvalue weighted by Crippen LogP contribution is 2.34. The summed E-state index contributed by atoms with van der Waals surface area (Å²) >= 11 is 0. The van der Waals surface area contributed by atoms with Gasteiger partial charge in [-0.1, -0.05) is 6.92 Å². The number of halogens is 1. The fraction of sp³-hybridized carbons (Fsp3) is 0.364. The summed E-state index contributed by atoms with van der Waals surface area (Å²) in [5, 5.41) is 8.64. The zero-order chi connectivity index (χ0) is 9.42. The zero-order valence-electron chi connectivity index (χ0n) is 7.47. The molecule has 0 aromatic heterocycles. The average Bonchev–Trinajstić information content (AvgIpc) is 2.48. The van der Waals surface area contributed by atoms with Gasteiger partial charge in [-0.05, 0) is 42.0 Å². The molecule has 2 heteroatoms. The van der Waals surface area contributed by atoms with Crippen LogP contribution in [-0.2, 0) is 6.42 Å². The molecule has 0 spiro atoms. The average molecular weight is 175 g/mol. The van der Waals surface area contributed by atoms with E-state index in [1.165, 1.54) is 6.07 Å². The molecule has 0 aliphatic heterocycles. The van der Waals surface area contributed by atoms with Crippen LogP contribution in [0, 0.1) is 17.1 Å². The van der Waals surface area contributed by atoms with Crippen molar-refractivity contribution in [2.24, 2.45) is 0 Å². The number of aryl methyl sites for hydroxylation is 1. The van der Waals surface area contributed by atoms with Crippen molar-refractivity contribution in [1.29, 1.82) is 5.26 Å². The minimum Gasteiger partial charge on any atom is -0.207 e. The van der Waals surface area contributed by atoms with Gasteiger partial charge in [-0.2, -0.15) is 5.26 Å². The molecule has 0 N–H and O–H groups in total. The number of nitrogens with zero attached hydrogens (tertiary/aromatic N) is 1. The molecule has 0 bridgehead atoms. The fourth-order valence-electron chi connectivity index (χ4n) is 2.01. The molecule has 0 amide bonds. The first kappa shape index (κ1) is 8.25. The lowest BCUT2D eigenvalue weighted by Gasteiger charge is -2.05. The maximum atomic E-state index is 13.4. The second-order valence-corrected chi connectivity index (χ2v) is 3.58. The summed E-state index contributed by atoms with van der Waals surface area (Å²) in [7, 11) is 0. The summed E-state index contributed by atoms with van der Waals surface area (Å²) in [6, 6.07) is 5.11. The van der Waals surface area contributed by atoms with E-state index >= 15 is 0 Å². The molecule has 0 saturated carbocycles. The zero-order valence-corrected chi connectivity index (χ0v) is 7.47. The van der Waals surface area contributed by atoms with E-state index < -0.39 is 0 Å². The van der Waals surface area contributed by atoms with Gasteiger partial charge in [0.1, 0.15) is 5.82 Å². The summed E-state index contributed by atoms with van der Waals surface area (Å²) in [5.74, 6) is 0.0989. The van der Waals surface area contributed by atoms with Gasteiger partial charge in [0.05, 0.1) is 11.6 Å². The van der Waals surface area contributed by atoms with Gasteiger partial charge in [-0.25, -0.2) is 4.39 Å². The molecule has 1 aromatic carbocycles. The Balaban J connectivity index is 2.61. The molecule has 0 radical (unpaired) electrons. The lowest BCUT2D eigenvalue weighted by Crippen LogP contribution is -1.93. The Kier molecular flexibility index (Phi) is 1.81. The van der Waals surface area contributed by atoms with Crippen molar-refractivity contribution in [1.82, 2.24) is 0 Å². The van der Waals surface area contributed by atoms with E-state index in [-0.39, 0.29) is 5.82 Å². The molecule has 13 heavy (non-hydrogen) atoms. The fourth-order valence-corrected chi connectivity index (χ4v) is 2.01. The summed E-state index contributed by atoms with van der Waals surface area (Å²) in [6.07, 6.45) is 1.91. The van der Waals surface area contributed by atoms with Gasteiger partial charge in [0.2, 0.25) is 0 Å². The highest BCUT2D eigenvalue weighted by atomic mass is 19.1. The number of benzene rings is 1. The summed E-state index contributed by atoms with van der Waals surface area (Å²) in [4.78, 5) is 0. The van der Waals surface area contributed by atoms with Gasteiger partial charge in [0.15, 0.2) is 0 Å². The molecule has 1 aliphatic rings. The molecule has 1 nitrogen and oxygen atoms in total. The van der Waals surface area contributed by atoms with E-state index in [0.717, 1.165) is 24.0 Å². The van der Waals surface area contributed by atoms with Gasteiger partial charge in [-0.3, -0.25) is 0 Å². The maximum Gasteiger partial charge on any atom is 0.128 e. The van der Waals surface area contributed by atoms with Crippen LogP contribution >= 0.6 is 0 Å². The van der Waals surface area contributed by atoms with Gasteiger partial charge in [0, 0.05) is 0 Å². The van der Waals surface area contributed by atoms with Gasteiger partial charge >= 0.3 is 0 Å². The van der Waals surface area contributed by atoms with Crippen molar-refractivity contribution in [3.8, 4) is 6.07 Å². The summed E-state index contributed by atoms with van der Waals surface area (Å²) in [6.45, 7) is 2.03. The smallest absolute Gasteiger partial charge is 0.128 e. The molecule has 0 saturated heterocycles. The minimum atomic E-state index is -0.209. The Morgan fingerprint density at radius 1 is 1.54 bits per heavy atom. The quantitative estimate of drug-likeness (QED) is 0.594. The minimum absolute atomic E-state index is 0.209. The maximum absolute atomic E-state index is 13.4. The molecule has 1 aliphatic carbocycles. The molecule has 0 fully saturated rings. The van der Waals surface area contributed by atoms with Crippen LogP contribution in [0.1, 0.15) is 36.0 Å². The molecule has 66 valence electrons. The van der Waals surface area contributed by atoms with Crippen LogP contribution in [0.3, 0.4) is 0 Å². The van der Waals surface area contributed by atoms with E-state index in [2.05, 4.69) is 0 Å². The van der Waals surface area contributed by atoms with Gasteiger partial charge < -0.3 is 0 Å². The van der Waals surface area contributed by atoms with Crippen molar-refractivity contribution in [2.45, 2.75) is 25.7 Å². The Morgan fingerprint density at radius 2 is 2.31 bits per heavy atom. The lowest BCUT2D eigenvalue weighted by atomic mass is 10.0. The molecule has 0 heterocycles. The third-order valence-electron chi connectivity index (χ3n) is 2.68. The predicted molar refractivity (Wildman–Crippen MR) is 47.9 cm³/mol. The third-order valence-corrected chi connectivity index (χ3v) is 2.68. The van der Waals surface area contributed by atoms with Crippen LogP contribution < -0.4 is 0 Å². The van der Waals surface area contributed by atoms with E-state index in [1.807, 2.05) is 19.1 Å². The second kappa shape index (κ2) is 2.85. The normalized spacial score (nSPS) is 19.6. The van der Waals surface area contributed by atoms with Gasteiger partial charge in [-0.15, -0.1) is 0 Å². The topological polar surface area (TPSA) is 23.8 Å². The number of fused-ring (bicyclic) bond motifs is 1. The van der Waals surface area contributed by atoms with E-state index in [9.17, 15) is 4.39 Å². The van der Waals surface area contributed by atoms with Crippen LogP contribution in [0.5, 0.6) is 0 Å². The number of rotatable bonds is 0. The van der Waals surface area contributed by atoms with E-state index in [1.54, 1.807) is 0 Å². The first-order valence-corrected chi connectivity index (χ1v) is 4.45. The highest BCUT2D eigenvalue weighted by Gasteiger charge is 2.22. The first-order valence-electron chi connectivity index (χ1n) is 4.45. The number of hydrogen-bond donors (Lipinski definition) is 0. The molecular weight excluding hydrogens is 165 g/mol. The molecule has 1 aromatic rings. The van der Waals surface area contributed by atoms with Crippen LogP contribution in [0.4, 0.5) is 4.39 Å². The Bertz CT molecular complexity index is 390. The van der Waals surface area contributed by atoms with Crippen LogP contribution in [0.25, 0.3) is 0 Å². The van der Waals surface area contributed by atoms with Gasteiger partial charge in [0.25, 0.3) is 0 Å². The largest absolute Gasteiger partial charge is 0.207 e. The number of hydrogen-bond acceptors (Lipinski definition) is 1. The van der Waals surface area contributed by atoms with E-state index in [0.29, 0.717) is 11.5 Å². The third kappa shape index (κ3) is 1.21. The monoisotopic (exact) mass is 175 g/mol. The SMILES string of the molecule is C[C@H]1CCc2cc(C#N)cc(F)c21. The first-order chi connectivity index (χ1) is 6.22. The molecule has 0 unspecified atom stereocenters. The Labute approximate surface area is 76.8 Å². The summed E-state index contributed by atoms with van der Waals surface area (Å²) in [5.41, 5.74) is 2.27.